The lowest BCUT2D eigenvalue weighted by molar-refractivity contribution is 0.582. The zero-order valence-electron chi connectivity index (χ0n) is 13.1. The van der Waals surface area contributed by atoms with Crippen molar-refractivity contribution >= 4 is 41.3 Å². The highest BCUT2D eigenvalue weighted by molar-refractivity contribution is 14.0. The number of hydrogen-bond acceptors (Lipinski definition) is 3. The molecule has 116 valence electrons. The Morgan fingerprint density at radius 2 is 2.10 bits per heavy atom. The Kier molecular flexibility index (Phi) is 8.65. The van der Waals surface area contributed by atoms with Gasteiger partial charge in [-0.1, -0.05) is 34.6 Å². The molecule has 0 atom stereocenters. The molecular weight excluding hydrogens is 383 g/mol. The van der Waals surface area contributed by atoms with Gasteiger partial charge in [-0.25, -0.2) is 4.98 Å². The van der Waals surface area contributed by atoms with Crippen molar-refractivity contribution in [3.8, 4) is 0 Å². The predicted molar refractivity (Wildman–Crippen MR) is 99.3 cm³/mol. The van der Waals surface area contributed by atoms with Gasteiger partial charge >= 0.3 is 0 Å². The van der Waals surface area contributed by atoms with E-state index in [1.807, 2.05) is 0 Å². The summed E-state index contributed by atoms with van der Waals surface area (Å²) in [6.45, 7) is 12.4. The Morgan fingerprint density at radius 3 is 2.60 bits per heavy atom. The number of nitrogens with one attached hydrogen (secondary N) is 1. The standard InChI is InChI=1S/C14H26N4S.HI/c1-10(2)8-17-13(15)16-7-6-11-9-19-12(18-11)14(3,4)5;/h9-10H,6-8H2,1-5H3,(H3,15,16,17);1H. The Morgan fingerprint density at radius 1 is 1.45 bits per heavy atom. The van der Waals surface area contributed by atoms with Crippen LogP contribution in [0.3, 0.4) is 0 Å². The summed E-state index contributed by atoms with van der Waals surface area (Å²) in [7, 11) is 0. The lowest BCUT2D eigenvalue weighted by Crippen LogP contribution is -2.33. The lowest BCUT2D eigenvalue weighted by atomic mass is 9.98. The predicted octanol–water partition coefficient (Wildman–Crippen LogP) is 3.16. The van der Waals surface area contributed by atoms with Gasteiger partial charge in [0.05, 0.1) is 10.7 Å². The van der Waals surface area contributed by atoms with Gasteiger partial charge in [-0.05, 0) is 5.92 Å². The van der Waals surface area contributed by atoms with Crippen LogP contribution in [-0.2, 0) is 11.8 Å². The van der Waals surface area contributed by atoms with Crippen LogP contribution in [0, 0.1) is 5.92 Å². The van der Waals surface area contributed by atoms with Crippen molar-refractivity contribution in [3.63, 3.8) is 0 Å². The second kappa shape index (κ2) is 8.81. The van der Waals surface area contributed by atoms with Gasteiger partial charge in [0.2, 0.25) is 0 Å². The zero-order chi connectivity index (χ0) is 14.5. The molecule has 0 aliphatic carbocycles. The minimum Gasteiger partial charge on any atom is -0.370 e. The van der Waals surface area contributed by atoms with E-state index in [9.17, 15) is 0 Å². The van der Waals surface area contributed by atoms with E-state index in [4.69, 9.17) is 5.73 Å². The van der Waals surface area contributed by atoms with Crippen molar-refractivity contribution < 1.29 is 0 Å². The molecule has 1 aromatic rings. The van der Waals surface area contributed by atoms with Crippen molar-refractivity contribution in [1.82, 2.24) is 10.3 Å². The van der Waals surface area contributed by atoms with E-state index in [1.54, 1.807) is 11.3 Å². The molecule has 1 aromatic heterocycles. The molecule has 0 aliphatic heterocycles. The van der Waals surface area contributed by atoms with Gasteiger partial charge in [-0.15, -0.1) is 35.3 Å². The SMILES string of the molecule is CC(C)CN=C(N)NCCc1csc(C(C)(C)C)n1.I. The van der Waals surface area contributed by atoms with E-state index >= 15 is 0 Å². The monoisotopic (exact) mass is 410 g/mol. The molecule has 4 nitrogen and oxygen atoms in total. The van der Waals surface area contributed by atoms with Crippen LogP contribution >= 0.6 is 35.3 Å². The summed E-state index contributed by atoms with van der Waals surface area (Å²) in [4.78, 5) is 8.92. The van der Waals surface area contributed by atoms with Crippen LogP contribution in [0.25, 0.3) is 0 Å². The first kappa shape index (κ1) is 19.6. The summed E-state index contributed by atoms with van der Waals surface area (Å²) < 4.78 is 0. The van der Waals surface area contributed by atoms with Gasteiger partial charge in [0, 0.05) is 30.3 Å². The Balaban J connectivity index is 0.00000361. The molecule has 1 rings (SSSR count). The summed E-state index contributed by atoms with van der Waals surface area (Å²) >= 11 is 1.73. The van der Waals surface area contributed by atoms with Gasteiger partial charge in [-0.3, -0.25) is 4.99 Å². The molecule has 1 heterocycles. The van der Waals surface area contributed by atoms with Crippen LogP contribution in [0.1, 0.15) is 45.3 Å². The number of thiazole rings is 1. The maximum atomic E-state index is 5.78. The van der Waals surface area contributed by atoms with E-state index in [1.165, 1.54) is 5.01 Å². The van der Waals surface area contributed by atoms with E-state index < -0.39 is 0 Å². The summed E-state index contributed by atoms with van der Waals surface area (Å²) in [5, 5.41) is 6.44. The van der Waals surface area contributed by atoms with Crippen LogP contribution in [-0.4, -0.2) is 24.0 Å². The molecular formula is C14H27IN4S. The molecule has 0 saturated heterocycles. The fourth-order valence-corrected chi connectivity index (χ4v) is 2.36. The minimum atomic E-state index is 0. The average Bonchev–Trinajstić information content (AvgIpc) is 2.74. The van der Waals surface area contributed by atoms with E-state index in [2.05, 4.69) is 55.3 Å². The van der Waals surface area contributed by atoms with Crippen LogP contribution in [0.4, 0.5) is 0 Å². The molecule has 0 spiro atoms. The molecule has 0 radical (unpaired) electrons. The van der Waals surface area contributed by atoms with Crippen LogP contribution < -0.4 is 11.1 Å². The third-order valence-electron chi connectivity index (χ3n) is 2.51. The average molecular weight is 410 g/mol. The second-order valence-corrected chi connectivity index (χ2v) is 7.05. The molecule has 0 unspecified atom stereocenters. The van der Waals surface area contributed by atoms with Gasteiger partial charge in [0.1, 0.15) is 0 Å². The Labute approximate surface area is 143 Å². The quantitative estimate of drug-likeness (QED) is 0.445. The Hall–Kier alpha value is -0.370. The number of guanidine groups is 1. The second-order valence-electron chi connectivity index (χ2n) is 6.19. The fourth-order valence-electron chi connectivity index (χ4n) is 1.42. The highest BCUT2D eigenvalue weighted by Crippen LogP contribution is 2.25. The normalized spacial score (nSPS) is 12.4. The number of hydrogen-bond donors (Lipinski definition) is 2. The van der Waals surface area contributed by atoms with Crippen molar-refractivity contribution in [1.29, 1.82) is 0 Å². The molecule has 6 heteroatoms. The highest BCUT2D eigenvalue weighted by atomic mass is 127. The molecule has 0 saturated carbocycles. The number of nitrogens with two attached hydrogens (primary N) is 1. The maximum absolute atomic E-state index is 5.78. The Bertz CT molecular complexity index is 421. The number of aliphatic imine (C=N–C) groups is 1. The van der Waals surface area contributed by atoms with E-state index in [0.717, 1.165) is 25.2 Å². The largest absolute Gasteiger partial charge is 0.370 e. The third kappa shape index (κ3) is 7.42. The molecule has 0 amide bonds. The van der Waals surface area contributed by atoms with Gasteiger partial charge in [0.25, 0.3) is 0 Å². The summed E-state index contributed by atoms with van der Waals surface area (Å²) in [6, 6.07) is 0. The van der Waals surface area contributed by atoms with Crippen molar-refractivity contribution in [2.75, 3.05) is 13.1 Å². The summed E-state index contributed by atoms with van der Waals surface area (Å²) in [5.41, 5.74) is 7.04. The summed E-state index contributed by atoms with van der Waals surface area (Å²) in [5.74, 6) is 1.06. The number of nitrogens with zero attached hydrogens (tertiary/aromatic N) is 2. The van der Waals surface area contributed by atoms with E-state index in [0.29, 0.717) is 11.9 Å². The van der Waals surface area contributed by atoms with Crippen LogP contribution in [0.15, 0.2) is 10.4 Å². The first-order valence-electron chi connectivity index (χ1n) is 6.77. The van der Waals surface area contributed by atoms with E-state index in [-0.39, 0.29) is 29.4 Å². The maximum Gasteiger partial charge on any atom is 0.188 e. The molecule has 20 heavy (non-hydrogen) atoms. The lowest BCUT2D eigenvalue weighted by Gasteiger charge is -2.13. The summed E-state index contributed by atoms with van der Waals surface area (Å²) in [6.07, 6.45) is 0.879. The van der Waals surface area contributed by atoms with Crippen LogP contribution in [0.2, 0.25) is 0 Å². The molecule has 3 N–H and O–H groups in total. The van der Waals surface area contributed by atoms with Crippen molar-refractivity contribution in [3.05, 3.63) is 16.1 Å². The molecule has 0 fully saturated rings. The third-order valence-corrected chi connectivity index (χ3v) is 3.82. The topological polar surface area (TPSA) is 63.3 Å². The van der Waals surface area contributed by atoms with Crippen molar-refractivity contribution in [2.24, 2.45) is 16.6 Å². The highest BCUT2D eigenvalue weighted by Gasteiger charge is 2.17. The molecule has 0 aliphatic rings. The number of rotatable bonds is 5. The van der Waals surface area contributed by atoms with Crippen LogP contribution in [0.5, 0.6) is 0 Å². The van der Waals surface area contributed by atoms with Gasteiger partial charge < -0.3 is 11.1 Å². The number of aromatic nitrogens is 1. The van der Waals surface area contributed by atoms with Gasteiger partial charge in [-0.2, -0.15) is 0 Å². The number of halogens is 1. The zero-order valence-corrected chi connectivity index (χ0v) is 16.2. The van der Waals surface area contributed by atoms with Gasteiger partial charge in [0.15, 0.2) is 5.96 Å². The van der Waals surface area contributed by atoms with Crippen molar-refractivity contribution in [2.45, 2.75) is 46.5 Å². The minimum absolute atomic E-state index is 0. The first-order valence-corrected chi connectivity index (χ1v) is 7.65. The molecule has 0 bridgehead atoms. The first-order chi connectivity index (χ1) is 8.79. The molecule has 0 aromatic carbocycles. The smallest absolute Gasteiger partial charge is 0.188 e. The fraction of sp³-hybridized carbons (Fsp3) is 0.714.